The zero-order valence-corrected chi connectivity index (χ0v) is 11.4. The van der Waals surface area contributed by atoms with Crippen molar-refractivity contribution in [2.45, 2.75) is 51.9 Å². The molecule has 0 aliphatic heterocycles. The van der Waals surface area contributed by atoms with Gasteiger partial charge in [0, 0.05) is 11.0 Å². The molecule has 0 saturated heterocycles. The number of carbonyl (C=O) groups is 1. The van der Waals surface area contributed by atoms with Crippen molar-refractivity contribution in [3.05, 3.63) is 12.2 Å². The van der Waals surface area contributed by atoms with Crippen LogP contribution >= 0.6 is 0 Å². The van der Waals surface area contributed by atoms with Gasteiger partial charge in [-0.15, -0.1) is 0 Å². The Labute approximate surface area is 110 Å². The first-order valence-electron chi connectivity index (χ1n) is 7.49. The molecule has 2 heteroatoms. The molecule has 0 aromatic carbocycles. The molecule has 0 radical (unpaired) electrons. The first kappa shape index (κ1) is 12.3. The van der Waals surface area contributed by atoms with Crippen molar-refractivity contribution in [2.75, 3.05) is 6.61 Å². The Kier molecular flexibility index (Phi) is 2.99. The SMILES string of the molecule is C=C(C(=O)OCCC)C12CC3CC(CC(C3)C1)C2. The minimum atomic E-state index is -0.126. The largest absolute Gasteiger partial charge is 0.462 e. The molecule has 4 aliphatic carbocycles. The average Bonchev–Trinajstić information content (AvgIpc) is 2.33. The molecule has 0 spiro atoms. The molecule has 2 nitrogen and oxygen atoms in total. The van der Waals surface area contributed by atoms with Crippen molar-refractivity contribution in [1.82, 2.24) is 0 Å². The monoisotopic (exact) mass is 248 g/mol. The molecule has 100 valence electrons. The van der Waals surface area contributed by atoms with E-state index in [2.05, 4.69) is 6.58 Å². The molecule has 0 unspecified atom stereocenters. The quantitative estimate of drug-likeness (QED) is 0.560. The first-order valence-corrected chi connectivity index (χ1v) is 7.49. The highest BCUT2D eigenvalue weighted by Crippen LogP contribution is 2.62. The predicted molar refractivity (Wildman–Crippen MR) is 71.0 cm³/mol. The Hall–Kier alpha value is -0.790. The molecule has 0 N–H and O–H groups in total. The van der Waals surface area contributed by atoms with Crippen LogP contribution in [0.15, 0.2) is 12.2 Å². The molecule has 4 bridgehead atoms. The highest BCUT2D eigenvalue weighted by atomic mass is 16.5. The molecule has 4 aliphatic rings. The third-order valence-electron chi connectivity index (χ3n) is 5.36. The summed E-state index contributed by atoms with van der Waals surface area (Å²) >= 11 is 0. The lowest BCUT2D eigenvalue weighted by atomic mass is 9.48. The summed E-state index contributed by atoms with van der Waals surface area (Å²) in [5.41, 5.74) is 0.898. The molecule has 0 amide bonds. The Morgan fingerprint density at radius 2 is 1.67 bits per heavy atom. The maximum Gasteiger partial charge on any atom is 0.333 e. The van der Waals surface area contributed by atoms with E-state index in [9.17, 15) is 4.79 Å². The maximum absolute atomic E-state index is 12.1. The van der Waals surface area contributed by atoms with Gasteiger partial charge in [0.1, 0.15) is 0 Å². The van der Waals surface area contributed by atoms with Gasteiger partial charge in [-0.2, -0.15) is 0 Å². The van der Waals surface area contributed by atoms with E-state index in [1.165, 1.54) is 38.5 Å². The number of rotatable bonds is 4. The summed E-state index contributed by atoms with van der Waals surface area (Å²) in [5.74, 6) is 2.43. The molecule has 0 aromatic rings. The normalized spacial score (nSPS) is 40.8. The molecule has 18 heavy (non-hydrogen) atoms. The van der Waals surface area contributed by atoms with Crippen LogP contribution in [0, 0.1) is 23.2 Å². The lowest BCUT2D eigenvalue weighted by molar-refractivity contribution is -0.142. The van der Waals surface area contributed by atoms with Gasteiger partial charge in [0.15, 0.2) is 0 Å². The van der Waals surface area contributed by atoms with Crippen molar-refractivity contribution in [2.24, 2.45) is 23.2 Å². The highest BCUT2D eigenvalue weighted by molar-refractivity contribution is 5.89. The molecule has 4 saturated carbocycles. The van der Waals surface area contributed by atoms with Gasteiger partial charge in [-0.3, -0.25) is 0 Å². The van der Waals surface area contributed by atoms with E-state index in [4.69, 9.17) is 4.74 Å². The van der Waals surface area contributed by atoms with E-state index < -0.39 is 0 Å². The van der Waals surface area contributed by atoms with Crippen molar-refractivity contribution in [3.8, 4) is 0 Å². The summed E-state index contributed by atoms with van der Waals surface area (Å²) in [4.78, 5) is 12.1. The fourth-order valence-corrected chi connectivity index (χ4v) is 4.98. The Morgan fingerprint density at radius 1 is 1.17 bits per heavy atom. The van der Waals surface area contributed by atoms with Gasteiger partial charge < -0.3 is 4.74 Å². The van der Waals surface area contributed by atoms with Crippen LogP contribution in [-0.4, -0.2) is 12.6 Å². The molecule has 0 aromatic heterocycles. The van der Waals surface area contributed by atoms with Gasteiger partial charge >= 0.3 is 5.97 Å². The summed E-state index contributed by atoms with van der Waals surface area (Å²) in [7, 11) is 0. The lowest BCUT2D eigenvalue weighted by Crippen LogP contribution is -2.48. The summed E-state index contributed by atoms with van der Waals surface area (Å²) < 4.78 is 5.30. The van der Waals surface area contributed by atoms with Gasteiger partial charge in [-0.1, -0.05) is 13.5 Å². The summed E-state index contributed by atoms with van der Waals surface area (Å²) in [6, 6.07) is 0. The van der Waals surface area contributed by atoms with Gasteiger partial charge in [0.05, 0.1) is 6.61 Å². The zero-order valence-electron chi connectivity index (χ0n) is 11.4. The standard InChI is InChI=1S/C16H24O2/c1-3-4-18-15(17)11(2)16-8-12-5-13(9-16)7-14(6-12)10-16/h12-14H,2-10H2,1H3. The molecule has 4 rings (SSSR count). The fraction of sp³-hybridized carbons (Fsp3) is 0.812. The van der Waals surface area contributed by atoms with Crippen molar-refractivity contribution in [3.63, 3.8) is 0 Å². The minimum Gasteiger partial charge on any atom is -0.462 e. The average molecular weight is 248 g/mol. The maximum atomic E-state index is 12.1. The van der Waals surface area contributed by atoms with Crippen LogP contribution in [0.5, 0.6) is 0 Å². The Morgan fingerprint density at radius 3 is 2.11 bits per heavy atom. The van der Waals surface area contributed by atoms with E-state index >= 15 is 0 Å². The molecular formula is C16H24O2. The summed E-state index contributed by atoms with van der Waals surface area (Å²) in [6.07, 6.45) is 8.67. The van der Waals surface area contributed by atoms with Gasteiger partial charge in [-0.25, -0.2) is 4.79 Å². The van der Waals surface area contributed by atoms with E-state index in [1.54, 1.807) is 0 Å². The van der Waals surface area contributed by atoms with Crippen LogP contribution in [0.4, 0.5) is 0 Å². The number of hydrogen-bond donors (Lipinski definition) is 0. The Balaban J connectivity index is 1.74. The number of esters is 1. The van der Waals surface area contributed by atoms with Gasteiger partial charge in [0.25, 0.3) is 0 Å². The summed E-state index contributed by atoms with van der Waals surface area (Å²) in [5, 5.41) is 0. The molecular weight excluding hydrogens is 224 g/mol. The minimum absolute atomic E-state index is 0.111. The van der Waals surface area contributed by atoms with Crippen LogP contribution in [0.1, 0.15) is 51.9 Å². The molecule has 0 heterocycles. The van der Waals surface area contributed by atoms with Crippen LogP contribution in [0.25, 0.3) is 0 Å². The van der Waals surface area contributed by atoms with E-state index in [1.807, 2.05) is 6.92 Å². The second-order valence-electron chi connectivity index (χ2n) is 6.81. The van der Waals surface area contributed by atoms with E-state index in [0.29, 0.717) is 6.61 Å². The molecule has 0 atom stereocenters. The van der Waals surface area contributed by atoms with Gasteiger partial charge in [-0.05, 0) is 62.7 Å². The fourth-order valence-electron chi connectivity index (χ4n) is 4.98. The smallest absolute Gasteiger partial charge is 0.333 e. The van der Waals surface area contributed by atoms with E-state index in [-0.39, 0.29) is 11.4 Å². The zero-order chi connectivity index (χ0) is 12.8. The lowest BCUT2D eigenvalue weighted by Gasteiger charge is -2.57. The van der Waals surface area contributed by atoms with Crippen LogP contribution in [-0.2, 0) is 9.53 Å². The third kappa shape index (κ3) is 1.90. The number of carbonyl (C=O) groups excluding carboxylic acids is 1. The van der Waals surface area contributed by atoms with Gasteiger partial charge in [0.2, 0.25) is 0 Å². The second kappa shape index (κ2) is 4.40. The number of ether oxygens (including phenoxy) is 1. The molecule has 4 fully saturated rings. The predicted octanol–water partition coefficient (Wildman–Crippen LogP) is 3.71. The highest BCUT2D eigenvalue weighted by Gasteiger charge is 2.53. The first-order chi connectivity index (χ1) is 8.63. The van der Waals surface area contributed by atoms with E-state index in [0.717, 1.165) is 29.7 Å². The van der Waals surface area contributed by atoms with Crippen molar-refractivity contribution in [1.29, 1.82) is 0 Å². The third-order valence-corrected chi connectivity index (χ3v) is 5.36. The van der Waals surface area contributed by atoms with Crippen LogP contribution in [0.3, 0.4) is 0 Å². The second-order valence-corrected chi connectivity index (χ2v) is 6.81. The topological polar surface area (TPSA) is 26.3 Å². The van der Waals surface area contributed by atoms with Crippen LogP contribution in [0.2, 0.25) is 0 Å². The Bertz CT molecular complexity index is 334. The number of hydrogen-bond acceptors (Lipinski definition) is 2. The summed E-state index contributed by atoms with van der Waals surface area (Å²) in [6.45, 7) is 6.68. The van der Waals surface area contributed by atoms with Crippen LogP contribution < -0.4 is 0 Å². The van der Waals surface area contributed by atoms with Crippen molar-refractivity contribution < 1.29 is 9.53 Å². The van der Waals surface area contributed by atoms with Crippen molar-refractivity contribution >= 4 is 5.97 Å².